The van der Waals surface area contributed by atoms with Crippen molar-refractivity contribution < 1.29 is 4.92 Å². The molecule has 0 aliphatic carbocycles. The molecule has 0 unspecified atom stereocenters. The second kappa shape index (κ2) is 6.14. The standard InChI is InChI=1S/C18H18N6O2/c1-3-22-14-9-5-4-8-13(14)20-17(22)12(2)19-16-18(24(25)26)23-11-7-6-10-15(23)21-16/h4-12,19H,3H2,1-2H3/t12-/m1/s1. The third-order valence-corrected chi connectivity index (χ3v) is 4.42. The Labute approximate surface area is 149 Å². The average Bonchev–Trinajstić information content (AvgIpc) is 3.19. The minimum Gasteiger partial charge on any atom is -0.358 e. The van der Waals surface area contributed by atoms with Crippen LogP contribution < -0.4 is 5.32 Å². The van der Waals surface area contributed by atoms with Gasteiger partial charge in [0.2, 0.25) is 11.5 Å². The van der Waals surface area contributed by atoms with Crippen LogP contribution in [-0.2, 0) is 6.54 Å². The summed E-state index contributed by atoms with van der Waals surface area (Å²) < 4.78 is 3.58. The van der Waals surface area contributed by atoms with Crippen LogP contribution in [0.5, 0.6) is 0 Å². The molecule has 4 aromatic rings. The monoisotopic (exact) mass is 350 g/mol. The molecular formula is C18H18N6O2. The second-order valence-corrected chi connectivity index (χ2v) is 6.04. The third-order valence-electron chi connectivity index (χ3n) is 4.42. The van der Waals surface area contributed by atoms with Gasteiger partial charge < -0.3 is 20.0 Å². The number of nitrogens with zero attached hydrogens (tertiary/aromatic N) is 5. The molecule has 1 N–H and O–H groups in total. The highest BCUT2D eigenvalue weighted by Gasteiger charge is 2.25. The molecule has 0 saturated carbocycles. The van der Waals surface area contributed by atoms with Gasteiger partial charge in [-0.1, -0.05) is 18.2 Å². The molecule has 0 amide bonds. The van der Waals surface area contributed by atoms with Crippen LogP contribution >= 0.6 is 0 Å². The van der Waals surface area contributed by atoms with Crippen molar-refractivity contribution in [1.82, 2.24) is 18.9 Å². The van der Waals surface area contributed by atoms with Gasteiger partial charge in [-0.3, -0.25) is 0 Å². The molecule has 3 aromatic heterocycles. The van der Waals surface area contributed by atoms with Gasteiger partial charge in [-0.05, 0) is 37.0 Å². The highest BCUT2D eigenvalue weighted by Crippen LogP contribution is 2.29. The second-order valence-electron chi connectivity index (χ2n) is 6.04. The van der Waals surface area contributed by atoms with Crippen molar-refractivity contribution in [3.05, 3.63) is 64.6 Å². The molecule has 0 aliphatic heterocycles. The van der Waals surface area contributed by atoms with E-state index in [1.807, 2.05) is 31.2 Å². The number of aryl methyl sites for hydroxylation is 1. The predicted molar refractivity (Wildman–Crippen MR) is 99.3 cm³/mol. The summed E-state index contributed by atoms with van der Waals surface area (Å²) >= 11 is 0. The molecule has 1 atom stereocenters. The fourth-order valence-corrected chi connectivity index (χ4v) is 3.28. The van der Waals surface area contributed by atoms with E-state index in [2.05, 4.69) is 21.8 Å². The number of aromatic nitrogens is 4. The minimum atomic E-state index is -0.419. The summed E-state index contributed by atoms with van der Waals surface area (Å²) in [5, 5.41) is 14.7. The molecule has 0 saturated heterocycles. The van der Waals surface area contributed by atoms with Crippen molar-refractivity contribution >= 4 is 28.3 Å². The van der Waals surface area contributed by atoms with Crippen LogP contribution in [0.25, 0.3) is 16.7 Å². The van der Waals surface area contributed by atoms with Gasteiger partial charge in [0.25, 0.3) is 0 Å². The number of para-hydroxylation sites is 2. The largest absolute Gasteiger partial charge is 0.372 e. The number of imidazole rings is 2. The first-order chi connectivity index (χ1) is 12.6. The molecule has 0 radical (unpaired) electrons. The van der Waals surface area contributed by atoms with Crippen molar-refractivity contribution in [1.29, 1.82) is 0 Å². The number of rotatable bonds is 5. The lowest BCUT2D eigenvalue weighted by molar-refractivity contribution is -0.389. The Morgan fingerprint density at radius 2 is 1.96 bits per heavy atom. The Hall–Kier alpha value is -3.42. The number of pyridine rings is 1. The van der Waals surface area contributed by atoms with E-state index in [-0.39, 0.29) is 17.7 Å². The fraction of sp³-hybridized carbons (Fsp3) is 0.222. The highest BCUT2D eigenvalue weighted by atomic mass is 16.6. The molecule has 26 heavy (non-hydrogen) atoms. The van der Waals surface area contributed by atoms with Gasteiger partial charge in [0.1, 0.15) is 5.82 Å². The molecule has 0 spiro atoms. The van der Waals surface area contributed by atoms with E-state index >= 15 is 0 Å². The van der Waals surface area contributed by atoms with Crippen molar-refractivity contribution in [2.45, 2.75) is 26.4 Å². The van der Waals surface area contributed by atoms with Crippen LogP contribution in [0, 0.1) is 10.1 Å². The molecule has 132 valence electrons. The van der Waals surface area contributed by atoms with Crippen LogP contribution in [0.3, 0.4) is 0 Å². The van der Waals surface area contributed by atoms with Crippen LogP contribution in [-0.4, -0.2) is 23.9 Å². The van der Waals surface area contributed by atoms with E-state index in [1.165, 1.54) is 4.40 Å². The van der Waals surface area contributed by atoms with Crippen molar-refractivity contribution in [2.24, 2.45) is 0 Å². The molecule has 0 fully saturated rings. The first kappa shape index (κ1) is 16.1. The van der Waals surface area contributed by atoms with E-state index in [1.54, 1.807) is 24.4 Å². The summed E-state index contributed by atoms with van der Waals surface area (Å²) in [6.45, 7) is 4.74. The molecular weight excluding hydrogens is 332 g/mol. The first-order valence-corrected chi connectivity index (χ1v) is 8.43. The molecule has 3 heterocycles. The van der Waals surface area contributed by atoms with Gasteiger partial charge in [0.15, 0.2) is 0 Å². The maximum Gasteiger partial charge on any atom is 0.372 e. The van der Waals surface area contributed by atoms with Gasteiger partial charge in [-0.15, -0.1) is 0 Å². The van der Waals surface area contributed by atoms with E-state index in [4.69, 9.17) is 4.98 Å². The number of anilines is 1. The third kappa shape index (κ3) is 2.46. The zero-order chi connectivity index (χ0) is 18.3. The quantitative estimate of drug-likeness (QED) is 0.437. The normalized spacial score (nSPS) is 12.5. The van der Waals surface area contributed by atoms with E-state index in [9.17, 15) is 10.1 Å². The number of hydrogen-bond donors (Lipinski definition) is 1. The Kier molecular flexibility index (Phi) is 3.80. The lowest BCUT2D eigenvalue weighted by Crippen LogP contribution is -2.14. The summed E-state index contributed by atoms with van der Waals surface area (Å²) in [5.41, 5.74) is 2.48. The minimum absolute atomic E-state index is 0.0772. The summed E-state index contributed by atoms with van der Waals surface area (Å²) in [4.78, 5) is 20.2. The average molecular weight is 350 g/mol. The van der Waals surface area contributed by atoms with E-state index in [0.29, 0.717) is 5.65 Å². The van der Waals surface area contributed by atoms with E-state index < -0.39 is 4.92 Å². The molecule has 0 bridgehead atoms. The number of hydrogen-bond acceptors (Lipinski definition) is 5. The van der Waals surface area contributed by atoms with Crippen molar-refractivity contribution in [2.75, 3.05) is 5.32 Å². The number of benzene rings is 1. The van der Waals surface area contributed by atoms with Gasteiger partial charge in [-0.2, -0.15) is 9.38 Å². The topological polar surface area (TPSA) is 90.3 Å². The van der Waals surface area contributed by atoms with Crippen LogP contribution in [0.2, 0.25) is 0 Å². The summed E-state index contributed by atoms with van der Waals surface area (Å²) in [7, 11) is 0. The zero-order valence-corrected chi connectivity index (χ0v) is 14.5. The predicted octanol–water partition coefficient (Wildman–Crippen LogP) is 3.79. The molecule has 1 aromatic carbocycles. The van der Waals surface area contributed by atoms with Crippen molar-refractivity contribution in [3.8, 4) is 0 Å². The number of fused-ring (bicyclic) bond motifs is 2. The Morgan fingerprint density at radius 3 is 2.73 bits per heavy atom. The molecule has 0 aliphatic rings. The zero-order valence-electron chi connectivity index (χ0n) is 14.5. The van der Waals surface area contributed by atoms with Gasteiger partial charge in [0, 0.05) is 12.6 Å². The van der Waals surface area contributed by atoms with Crippen LogP contribution in [0.1, 0.15) is 25.7 Å². The lowest BCUT2D eigenvalue weighted by Gasteiger charge is -2.14. The maximum absolute atomic E-state index is 11.6. The van der Waals surface area contributed by atoms with Gasteiger partial charge in [-0.25, -0.2) is 4.98 Å². The fourth-order valence-electron chi connectivity index (χ4n) is 3.28. The SMILES string of the molecule is CCn1c([C@@H](C)Nc2nc3ccccn3c2[N+](=O)[O-])nc2ccccc21. The lowest BCUT2D eigenvalue weighted by atomic mass is 10.3. The smallest absolute Gasteiger partial charge is 0.358 e. The Bertz CT molecular complexity index is 1110. The van der Waals surface area contributed by atoms with Crippen LogP contribution in [0.15, 0.2) is 48.7 Å². The number of nitro groups is 1. The first-order valence-electron chi connectivity index (χ1n) is 8.43. The molecule has 4 rings (SSSR count). The molecule has 8 nitrogen and oxygen atoms in total. The number of nitrogens with one attached hydrogen (secondary N) is 1. The summed E-state index contributed by atoms with van der Waals surface area (Å²) in [5.74, 6) is 0.982. The van der Waals surface area contributed by atoms with Gasteiger partial charge in [0.05, 0.1) is 23.3 Å². The molecule has 8 heteroatoms. The Morgan fingerprint density at radius 1 is 1.19 bits per heavy atom. The summed E-state index contributed by atoms with van der Waals surface area (Å²) in [6.07, 6.45) is 1.64. The van der Waals surface area contributed by atoms with Crippen molar-refractivity contribution in [3.63, 3.8) is 0 Å². The summed E-state index contributed by atoms with van der Waals surface area (Å²) in [6, 6.07) is 13.0. The Balaban J connectivity index is 1.77. The van der Waals surface area contributed by atoms with Gasteiger partial charge >= 0.3 is 5.82 Å². The van der Waals surface area contributed by atoms with Crippen LogP contribution in [0.4, 0.5) is 11.6 Å². The highest BCUT2D eigenvalue weighted by molar-refractivity contribution is 5.76. The van der Waals surface area contributed by atoms with E-state index in [0.717, 1.165) is 23.4 Å². The maximum atomic E-state index is 11.6.